The fraction of sp³-hybridized carbons (Fsp3) is 0.733. The summed E-state index contributed by atoms with van der Waals surface area (Å²) in [5.41, 5.74) is -0.108. The minimum atomic E-state index is -0.108. The van der Waals surface area contributed by atoms with Gasteiger partial charge in [0.2, 0.25) is 0 Å². The molecule has 22 heavy (non-hydrogen) atoms. The SMILES string of the molecule is CC(C)SCCN1CCO[C@H](CNc2nccn(C)c2=O)C1. The van der Waals surface area contributed by atoms with Crippen molar-refractivity contribution in [2.24, 2.45) is 7.05 Å². The Kier molecular flexibility index (Phi) is 6.72. The van der Waals surface area contributed by atoms with E-state index < -0.39 is 0 Å². The molecule has 1 aliphatic rings. The van der Waals surface area contributed by atoms with Crippen LogP contribution in [0.4, 0.5) is 5.82 Å². The zero-order valence-corrected chi connectivity index (χ0v) is 14.4. The molecule has 1 N–H and O–H groups in total. The smallest absolute Gasteiger partial charge is 0.293 e. The van der Waals surface area contributed by atoms with Gasteiger partial charge in [-0.15, -0.1) is 0 Å². The van der Waals surface area contributed by atoms with Gasteiger partial charge in [-0.1, -0.05) is 13.8 Å². The molecule has 1 atom stereocenters. The van der Waals surface area contributed by atoms with E-state index in [2.05, 4.69) is 29.0 Å². The van der Waals surface area contributed by atoms with E-state index in [0.29, 0.717) is 17.6 Å². The summed E-state index contributed by atoms with van der Waals surface area (Å²) in [4.78, 5) is 18.4. The Morgan fingerprint density at radius 3 is 3.14 bits per heavy atom. The first-order chi connectivity index (χ1) is 10.6. The summed E-state index contributed by atoms with van der Waals surface area (Å²) in [6.07, 6.45) is 3.38. The molecule has 1 aromatic rings. The number of morpholine rings is 1. The highest BCUT2D eigenvalue weighted by Crippen LogP contribution is 2.11. The van der Waals surface area contributed by atoms with Crippen LogP contribution >= 0.6 is 11.8 Å². The molecule has 1 aromatic heterocycles. The van der Waals surface area contributed by atoms with E-state index >= 15 is 0 Å². The fourth-order valence-corrected chi connectivity index (χ4v) is 3.19. The highest BCUT2D eigenvalue weighted by atomic mass is 32.2. The Balaban J connectivity index is 1.78. The predicted octanol–water partition coefficient (Wildman–Crippen LogP) is 1.03. The molecule has 0 saturated carbocycles. The Labute approximate surface area is 136 Å². The van der Waals surface area contributed by atoms with Gasteiger partial charge in [0.15, 0.2) is 5.82 Å². The predicted molar refractivity (Wildman–Crippen MR) is 91.7 cm³/mol. The van der Waals surface area contributed by atoms with Crippen molar-refractivity contribution in [1.82, 2.24) is 14.5 Å². The first kappa shape index (κ1) is 17.3. The average Bonchev–Trinajstić information content (AvgIpc) is 2.49. The third-order valence-corrected chi connectivity index (χ3v) is 4.68. The Bertz CT molecular complexity index is 521. The van der Waals surface area contributed by atoms with Crippen molar-refractivity contribution < 1.29 is 4.74 Å². The molecular weight excluding hydrogens is 300 g/mol. The van der Waals surface area contributed by atoms with Gasteiger partial charge in [-0.05, 0) is 5.25 Å². The quantitative estimate of drug-likeness (QED) is 0.808. The maximum atomic E-state index is 11.9. The topological polar surface area (TPSA) is 59.4 Å². The number of ether oxygens (including phenoxy) is 1. The second-order valence-electron chi connectivity index (χ2n) is 5.79. The van der Waals surface area contributed by atoms with Crippen LogP contribution in [0.3, 0.4) is 0 Å². The van der Waals surface area contributed by atoms with Gasteiger partial charge in [-0.2, -0.15) is 11.8 Å². The van der Waals surface area contributed by atoms with Gasteiger partial charge in [-0.3, -0.25) is 9.69 Å². The van der Waals surface area contributed by atoms with E-state index in [1.165, 1.54) is 4.57 Å². The molecule has 1 fully saturated rings. The summed E-state index contributed by atoms with van der Waals surface area (Å²) in [7, 11) is 1.72. The first-order valence-corrected chi connectivity index (χ1v) is 8.82. The normalized spacial score (nSPS) is 19.5. The Hall–Kier alpha value is -1.05. The Morgan fingerprint density at radius 1 is 1.55 bits per heavy atom. The molecule has 0 bridgehead atoms. The van der Waals surface area contributed by atoms with Gasteiger partial charge in [0.1, 0.15) is 0 Å². The third kappa shape index (κ3) is 5.30. The number of rotatable bonds is 7. The van der Waals surface area contributed by atoms with Gasteiger partial charge >= 0.3 is 0 Å². The summed E-state index contributed by atoms with van der Waals surface area (Å²) in [6.45, 7) is 8.79. The summed E-state index contributed by atoms with van der Waals surface area (Å²) >= 11 is 1.99. The first-order valence-electron chi connectivity index (χ1n) is 7.77. The molecule has 0 aromatic carbocycles. The molecule has 0 radical (unpaired) electrons. The van der Waals surface area contributed by atoms with Crippen LogP contribution in [0.1, 0.15) is 13.8 Å². The lowest BCUT2D eigenvalue weighted by Crippen LogP contribution is -2.46. The summed E-state index contributed by atoms with van der Waals surface area (Å²) in [5, 5.41) is 3.80. The van der Waals surface area contributed by atoms with E-state index in [1.54, 1.807) is 19.4 Å². The van der Waals surface area contributed by atoms with Crippen LogP contribution in [-0.4, -0.2) is 64.3 Å². The number of hydrogen-bond donors (Lipinski definition) is 1. The summed E-state index contributed by atoms with van der Waals surface area (Å²) in [5.74, 6) is 1.54. The molecule has 7 heteroatoms. The molecule has 1 aliphatic heterocycles. The number of thioether (sulfide) groups is 1. The zero-order valence-electron chi connectivity index (χ0n) is 13.6. The van der Waals surface area contributed by atoms with Crippen molar-refractivity contribution in [2.75, 3.05) is 43.9 Å². The van der Waals surface area contributed by atoms with Gasteiger partial charge < -0.3 is 14.6 Å². The fourth-order valence-electron chi connectivity index (χ4n) is 2.35. The molecule has 0 unspecified atom stereocenters. The van der Waals surface area contributed by atoms with Crippen LogP contribution in [0.15, 0.2) is 17.2 Å². The van der Waals surface area contributed by atoms with Crippen molar-refractivity contribution in [3.05, 3.63) is 22.7 Å². The van der Waals surface area contributed by atoms with Gasteiger partial charge in [0.25, 0.3) is 5.56 Å². The van der Waals surface area contributed by atoms with Crippen LogP contribution in [0.2, 0.25) is 0 Å². The monoisotopic (exact) mass is 326 g/mol. The van der Waals surface area contributed by atoms with E-state index in [0.717, 1.165) is 32.0 Å². The molecule has 0 amide bonds. The molecule has 124 valence electrons. The Morgan fingerprint density at radius 2 is 2.36 bits per heavy atom. The second kappa shape index (κ2) is 8.55. The minimum Gasteiger partial charge on any atom is -0.374 e. The average molecular weight is 326 g/mol. The van der Waals surface area contributed by atoms with Gasteiger partial charge in [0.05, 0.1) is 12.7 Å². The molecule has 0 spiro atoms. The largest absolute Gasteiger partial charge is 0.374 e. The number of anilines is 1. The van der Waals surface area contributed by atoms with Crippen LogP contribution in [0, 0.1) is 0 Å². The van der Waals surface area contributed by atoms with E-state index in [-0.39, 0.29) is 11.7 Å². The lowest BCUT2D eigenvalue weighted by molar-refractivity contribution is -0.0188. The van der Waals surface area contributed by atoms with Crippen molar-refractivity contribution in [3.63, 3.8) is 0 Å². The van der Waals surface area contributed by atoms with Gasteiger partial charge in [0, 0.05) is 51.4 Å². The van der Waals surface area contributed by atoms with Crippen LogP contribution in [-0.2, 0) is 11.8 Å². The molecule has 2 heterocycles. The lowest BCUT2D eigenvalue weighted by Gasteiger charge is -2.33. The zero-order chi connectivity index (χ0) is 15.9. The number of nitrogens with one attached hydrogen (secondary N) is 1. The molecule has 6 nitrogen and oxygen atoms in total. The van der Waals surface area contributed by atoms with Gasteiger partial charge in [-0.25, -0.2) is 4.98 Å². The van der Waals surface area contributed by atoms with E-state index in [4.69, 9.17) is 4.74 Å². The van der Waals surface area contributed by atoms with Crippen LogP contribution in [0.25, 0.3) is 0 Å². The third-order valence-electron chi connectivity index (χ3n) is 3.60. The molecular formula is C15H26N4O2S. The molecule has 2 rings (SSSR count). The van der Waals surface area contributed by atoms with Crippen LogP contribution in [0.5, 0.6) is 0 Å². The van der Waals surface area contributed by atoms with Crippen molar-refractivity contribution in [1.29, 1.82) is 0 Å². The number of hydrogen-bond acceptors (Lipinski definition) is 6. The standard InChI is InChI=1S/C15H26N4O2S/c1-12(2)22-9-7-19-6-8-21-13(11-19)10-17-14-15(20)18(3)5-4-16-14/h4-5,12-13H,6-11H2,1-3H3,(H,16,17)/t13-/m1/s1. The summed E-state index contributed by atoms with van der Waals surface area (Å²) in [6, 6.07) is 0. The van der Waals surface area contributed by atoms with E-state index in [9.17, 15) is 4.79 Å². The highest BCUT2D eigenvalue weighted by Gasteiger charge is 2.20. The maximum absolute atomic E-state index is 11.9. The molecule has 0 aliphatic carbocycles. The number of aryl methyl sites for hydroxylation is 1. The van der Waals surface area contributed by atoms with E-state index in [1.807, 2.05) is 11.8 Å². The maximum Gasteiger partial charge on any atom is 0.293 e. The number of nitrogens with zero attached hydrogens (tertiary/aromatic N) is 3. The van der Waals surface area contributed by atoms with Crippen LogP contribution < -0.4 is 10.9 Å². The van der Waals surface area contributed by atoms with Crippen molar-refractivity contribution in [2.45, 2.75) is 25.2 Å². The number of aromatic nitrogens is 2. The second-order valence-corrected chi connectivity index (χ2v) is 7.47. The lowest BCUT2D eigenvalue weighted by atomic mass is 10.2. The minimum absolute atomic E-state index is 0.101. The summed E-state index contributed by atoms with van der Waals surface area (Å²) < 4.78 is 7.30. The van der Waals surface area contributed by atoms with Crippen molar-refractivity contribution >= 4 is 17.6 Å². The molecule has 1 saturated heterocycles. The highest BCUT2D eigenvalue weighted by molar-refractivity contribution is 7.99. The van der Waals surface area contributed by atoms with Crippen molar-refractivity contribution in [3.8, 4) is 0 Å².